The third-order valence-electron chi connectivity index (χ3n) is 1.74. The molecule has 13 heavy (non-hydrogen) atoms. The maximum atomic E-state index is 13.3. The number of hydrogen-bond donors (Lipinski definition) is 0. The van der Waals surface area contributed by atoms with E-state index in [1.165, 1.54) is 12.1 Å². The molecule has 5 heteroatoms. The van der Waals surface area contributed by atoms with Crippen LogP contribution in [0.1, 0.15) is 10.4 Å². The van der Waals surface area contributed by atoms with Gasteiger partial charge in [-0.25, -0.2) is 4.39 Å². The first kappa shape index (κ1) is 9.15. The summed E-state index contributed by atoms with van der Waals surface area (Å²) in [5.41, 5.74) is 0.280. The molecule has 0 spiro atoms. The highest BCUT2D eigenvalue weighted by Gasteiger charge is 2.33. The standard InChI is InChI=1S/C8H3Br2FO2/c9-4-2-1-3-6(12)8(10)13-7(3)5(4)11/h1-2,8H. The van der Waals surface area contributed by atoms with Gasteiger partial charge in [0, 0.05) is 0 Å². The monoisotopic (exact) mass is 308 g/mol. The second-order valence-corrected chi connectivity index (χ2v) is 4.22. The van der Waals surface area contributed by atoms with E-state index in [1.54, 1.807) is 0 Å². The van der Waals surface area contributed by atoms with E-state index in [1.807, 2.05) is 0 Å². The molecule has 1 aliphatic rings. The fourth-order valence-corrected chi connectivity index (χ4v) is 1.87. The lowest BCUT2D eigenvalue weighted by Gasteiger charge is -2.01. The Balaban J connectivity index is 2.64. The van der Waals surface area contributed by atoms with Crippen LogP contribution in [0.2, 0.25) is 0 Å². The zero-order valence-electron chi connectivity index (χ0n) is 6.18. The van der Waals surface area contributed by atoms with Crippen LogP contribution < -0.4 is 4.74 Å². The zero-order chi connectivity index (χ0) is 9.59. The summed E-state index contributed by atoms with van der Waals surface area (Å²) >= 11 is 6.00. The number of hydrogen-bond acceptors (Lipinski definition) is 2. The summed E-state index contributed by atoms with van der Waals surface area (Å²) in [7, 11) is 0. The summed E-state index contributed by atoms with van der Waals surface area (Å²) in [6, 6.07) is 3.02. The average Bonchev–Trinajstić information content (AvgIpc) is 2.38. The van der Waals surface area contributed by atoms with Crippen molar-refractivity contribution >= 4 is 37.6 Å². The largest absolute Gasteiger partial charge is 0.467 e. The predicted octanol–water partition coefficient (Wildman–Crippen LogP) is 2.88. The topological polar surface area (TPSA) is 26.3 Å². The van der Waals surface area contributed by atoms with Crippen molar-refractivity contribution in [3.05, 3.63) is 28.0 Å². The first-order valence-electron chi connectivity index (χ1n) is 3.44. The number of halogens is 3. The van der Waals surface area contributed by atoms with Crippen LogP contribution in [0, 0.1) is 5.82 Å². The van der Waals surface area contributed by atoms with Crippen LogP contribution in [-0.2, 0) is 0 Å². The molecule has 0 fully saturated rings. The van der Waals surface area contributed by atoms with Gasteiger partial charge in [-0.2, -0.15) is 0 Å². The van der Waals surface area contributed by atoms with E-state index in [-0.39, 0.29) is 17.1 Å². The van der Waals surface area contributed by atoms with E-state index in [2.05, 4.69) is 31.9 Å². The number of fused-ring (bicyclic) bond motifs is 1. The molecule has 0 radical (unpaired) electrons. The summed E-state index contributed by atoms with van der Waals surface area (Å²) in [5, 5.41) is -0.758. The smallest absolute Gasteiger partial charge is 0.218 e. The lowest BCUT2D eigenvalue weighted by Crippen LogP contribution is -2.10. The molecule has 0 aliphatic carbocycles. The van der Waals surface area contributed by atoms with Crippen LogP contribution in [0.4, 0.5) is 4.39 Å². The normalized spacial score (nSPS) is 19.9. The van der Waals surface area contributed by atoms with Crippen LogP contribution >= 0.6 is 31.9 Å². The molecule has 1 atom stereocenters. The number of rotatable bonds is 0. The Morgan fingerprint density at radius 3 is 2.85 bits per heavy atom. The van der Waals surface area contributed by atoms with Crippen LogP contribution in [0.25, 0.3) is 0 Å². The van der Waals surface area contributed by atoms with Crippen molar-refractivity contribution in [3.63, 3.8) is 0 Å². The van der Waals surface area contributed by atoms with Crippen LogP contribution in [-0.4, -0.2) is 10.8 Å². The van der Waals surface area contributed by atoms with E-state index >= 15 is 0 Å². The molecule has 1 aromatic rings. The molecule has 1 heterocycles. The number of Topliss-reactive ketones (excluding diaryl/α,β-unsaturated/α-hetero) is 1. The quantitative estimate of drug-likeness (QED) is 0.689. The highest BCUT2D eigenvalue weighted by Crippen LogP contribution is 2.36. The number of benzene rings is 1. The average molecular weight is 310 g/mol. The summed E-state index contributed by atoms with van der Waals surface area (Å²) in [5.74, 6) is -0.768. The van der Waals surface area contributed by atoms with Crippen molar-refractivity contribution in [3.8, 4) is 5.75 Å². The van der Waals surface area contributed by atoms with Gasteiger partial charge in [-0.05, 0) is 44.0 Å². The van der Waals surface area contributed by atoms with E-state index in [4.69, 9.17) is 4.74 Å². The summed E-state index contributed by atoms with van der Waals surface area (Å²) in [6.07, 6.45) is 0. The second kappa shape index (κ2) is 3.06. The van der Waals surface area contributed by atoms with E-state index in [9.17, 15) is 9.18 Å². The molecule has 2 rings (SSSR count). The molecule has 0 amide bonds. The molecule has 0 bridgehead atoms. The maximum absolute atomic E-state index is 13.3. The second-order valence-electron chi connectivity index (χ2n) is 2.54. The molecular formula is C8H3Br2FO2. The van der Waals surface area contributed by atoms with Gasteiger partial charge in [0.1, 0.15) is 0 Å². The Hall–Kier alpha value is -0.420. The highest BCUT2D eigenvalue weighted by molar-refractivity contribution is 9.10. The van der Waals surface area contributed by atoms with Crippen LogP contribution in [0.15, 0.2) is 16.6 Å². The molecule has 68 valence electrons. The van der Waals surface area contributed by atoms with Gasteiger partial charge in [-0.1, -0.05) is 0 Å². The van der Waals surface area contributed by atoms with Gasteiger partial charge in [0.05, 0.1) is 10.0 Å². The van der Waals surface area contributed by atoms with Crippen LogP contribution in [0.3, 0.4) is 0 Å². The van der Waals surface area contributed by atoms with Gasteiger partial charge in [0.15, 0.2) is 11.6 Å². The molecule has 0 saturated heterocycles. The van der Waals surface area contributed by atoms with Gasteiger partial charge in [0.2, 0.25) is 10.8 Å². The minimum atomic E-state index is -0.758. The van der Waals surface area contributed by atoms with E-state index in [0.717, 1.165) is 0 Å². The molecule has 0 aromatic heterocycles. The van der Waals surface area contributed by atoms with Gasteiger partial charge >= 0.3 is 0 Å². The maximum Gasteiger partial charge on any atom is 0.218 e. The highest BCUT2D eigenvalue weighted by atomic mass is 79.9. The SMILES string of the molecule is O=C1c2ccc(Br)c(F)c2OC1Br. The van der Waals surface area contributed by atoms with Gasteiger partial charge in [0.25, 0.3) is 0 Å². The Labute approximate surface area is 90.3 Å². The number of carbonyl (C=O) groups is 1. The Kier molecular flexibility index (Phi) is 2.15. The summed E-state index contributed by atoms with van der Waals surface area (Å²) in [6.45, 7) is 0. The number of ether oxygens (including phenoxy) is 1. The fourth-order valence-electron chi connectivity index (χ4n) is 1.12. The zero-order valence-corrected chi connectivity index (χ0v) is 9.35. The lowest BCUT2D eigenvalue weighted by atomic mass is 10.1. The summed E-state index contributed by atoms with van der Waals surface area (Å²) in [4.78, 5) is 11.3. The van der Waals surface area contributed by atoms with Crippen molar-refractivity contribution in [1.29, 1.82) is 0 Å². The third kappa shape index (κ3) is 1.30. The van der Waals surface area contributed by atoms with Gasteiger partial charge in [-0.3, -0.25) is 4.79 Å². The Morgan fingerprint density at radius 2 is 2.15 bits per heavy atom. The van der Waals surface area contributed by atoms with Crippen molar-refractivity contribution < 1.29 is 13.9 Å². The number of carbonyl (C=O) groups excluding carboxylic acids is 1. The number of ketones is 1. The predicted molar refractivity (Wildman–Crippen MR) is 51.8 cm³/mol. The molecule has 1 aromatic carbocycles. The Bertz CT molecular complexity index is 392. The Morgan fingerprint density at radius 1 is 1.46 bits per heavy atom. The van der Waals surface area contributed by atoms with Crippen molar-refractivity contribution in [1.82, 2.24) is 0 Å². The molecule has 0 saturated carbocycles. The fraction of sp³-hybridized carbons (Fsp3) is 0.125. The van der Waals surface area contributed by atoms with Gasteiger partial charge in [-0.15, -0.1) is 0 Å². The minimum absolute atomic E-state index is 0.0150. The van der Waals surface area contributed by atoms with Crippen LogP contribution in [0.5, 0.6) is 5.75 Å². The third-order valence-corrected chi connectivity index (χ3v) is 2.96. The minimum Gasteiger partial charge on any atom is -0.467 e. The first-order chi connectivity index (χ1) is 6.11. The van der Waals surface area contributed by atoms with Crippen molar-refractivity contribution in [2.75, 3.05) is 0 Å². The van der Waals surface area contributed by atoms with Gasteiger partial charge < -0.3 is 4.74 Å². The molecular weight excluding hydrogens is 307 g/mol. The van der Waals surface area contributed by atoms with Crippen molar-refractivity contribution in [2.45, 2.75) is 5.01 Å². The lowest BCUT2D eigenvalue weighted by molar-refractivity contribution is 0.0941. The molecule has 1 unspecified atom stereocenters. The van der Waals surface area contributed by atoms with E-state index < -0.39 is 10.8 Å². The van der Waals surface area contributed by atoms with Crippen molar-refractivity contribution in [2.24, 2.45) is 0 Å². The summed E-state index contributed by atoms with van der Waals surface area (Å²) < 4.78 is 18.6. The molecule has 2 nitrogen and oxygen atoms in total. The molecule has 0 N–H and O–H groups in total. The van der Waals surface area contributed by atoms with E-state index in [0.29, 0.717) is 4.47 Å². The molecule has 1 aliphatic heterocycles. The first-order valence-corrected chi connectivity index (χ1v) is 5.15. The number of alkyl halides is 1.